The molecule has 17 rings (SSSR count). The number of rotatable bonds is 37. The molecule has 0 atom stereocenters. The van der Waals surface area contributed by atoms with Crippen LogP contribution in [-0.2, 0) is 14.6 Å². The Kier molecular flexibility index (Phi) is 39.7. The van der Waals surface area contributed by atoms with E-state index in [0.29, 0.717) is 77.4 Å². The van der Waals surface area contributed by atoms with Crippen molar-refractivity contribution < 1.29 is 46.7 Å². The number of amides is 5. The van der Waals surface area contributed by atoms with Crippen molar-refractivity contribution in [2.45, 2.75) is 73.5 Å². The highest BCUT2D eigenvalue weighted by molar-refractivity contribution is 7.90. The first-order valence-corrected chi connectivity index (χ1v) is 49.6. The minimum absolute atomic E-state index is 0.00415. The number of ether oxygens (including phenoxy) is 1. The summed E-state index contributed by atoms with van der Waals surface area (Å²) in [6.07, 6.45) is 10.5. The lowest BCUT2D eigenvalue weighted by atomic mass is 9.88. The van der Waals surface area contributed by atoms with Crippen LogP contribution in [0.2, 0.25) is 0 Å². The average molecular weight is 1900 g/mol. The molecule has 17 aromatic rings. The molecule has 5 N–H and O–H groups in total. The molecule has 714 valence electrons. The van der Waals surface area contributed by atoms with Crippen molar-refractivity contribution >= 4 is 50.9 Å². The number of Topliss-reactive ketones (excluding diaryl/α,β-unsaturated/α-hetero) is 1. The number of para-hydroxylation sites is 1. The van der Waals surface area contributed by atoms with Gasteiger partial charge in [-0.2, -0.15) is 0 Å². The van der Waals surface area contributed by atoms with Gasteiger partial charge in [-0.05, 0) is 180 Å². The molecule has 0 bridgehead atoms. The fraction of sp³-hybridized carbons (Fsp3) is 0.145. The first-order chi connectivity index (χ1) is 69.5. The molecule has 0 aliphatic carbocycles. The summed E-state index contributed by atoms with van der Waals surface area (Å²) in [6, 6.07) is 149. The zero-order chi connectivity index (χ0) is 99.1. The second-order valence-electron chi connectivity index (χ2n) is 34.0. The Bertz CT molecular complexity index is 6610. The van der Waals surface area contributed by atoms with Crippen LogP contribution in [0.3, 0.4) is 0 Å². The third-order valence-corrected chi connectivity index (χ3v) is 25.4. The number of carbonyl (C=O) groups excluding carboxylic acids is 7. The van der Waals surface area contributed by atoms with Crippen LogP contribution in [0.25, 0.3) is 5.69 Å². The fourth-order valence-electron chi connectivity index (χ4n) is 16.7. The van der Waals surface area contributed by atoms with Crippen molar-refractivity contribution in [1.82, 2.24) is 36.1 Å². The molecule has 1 aromatic heterocycles. The summed E-state index contributed by atoms with van der Waals surface area (Å²) in [6.45, 7) is 4.40. The Labute approximate surface area is 833 Å². The predicted molar refractivity (Wildman–Crippen MR) is 567 cm³/mol. The number of benzene rings is 16. The van der Waals surface area contributed by atoms with Crippen LogP contribution in [0.15, 0.2) is 485 Å². The first kappa shape index (κ1) is 103. The van der Waals surface area contributed by atoms with Crippen molar-refractivity contribution in [1.29, 1.82) is 0 Å². The smallest absolute Gasteiger partial charge is 0.257 e. The number of nitrogens with one attached hydrogen (secondary N) is 5. The minimum Gasteiger partial charge on any atom is -0.484 e. The SMILES string of the molecule is CC(=O)c1ccc(C(=O)NCCC(c2ccccc2)c2ccccc2)cc1.CS(=O)(=O)c1ccc(C(=O)NCCC(c2ccccc2)c2ccccc2)cc1.O=C(COc1ccccc1)NCCC(c1ccccc1)c1ccccc1.O=C(NCCC(c1ccccc1)c1ccccc1)c1ccc(-n2ccnc2)cc1.O=C(NCCC(c1ccccc1)c1ccccc1)c1ccc(C(=O)c2ccccc2)cc1. The lowest BCUT2D eigenvalue weighted by Gasteiger charge is -2.18. The zero-order valence-electron chi connectivity index (χ0n) is 79.7. The second kappa shape index (κ2) is 54.9. The Morgan fingerprint density at radius 1 is 0.275 bits per heavy atom. The molecule has 0 unspecified atom stereocenters. The Morgan fingerprint density at radius 2 is 0.500 bits per heavy atom. The molecule has 0 fully saturated rings. The van der Waals surface area contributed by atoms with Gasteiger partial charge in [-0.1, -0.05) is 376 Å². The number of aromatic nitrogens is 2. The van der Waals surface area contributed by atoms with E-state index in [4.69, 9.17) is 4.74 Å². The van der Waals surface area contributed by atoms with Crippen LogP contribution in [0, 0.1) is 0 Å². The topological polar surface area (TPSA) is 241 Å². The van der Waals surface area contributed by atoms with E-state index in [2.05, 4.69) is 201 Å². The fourth-order valence-corrected chi connectivity index (χ4v) is 17.3. The molecule has 0 spiro atoms. The van der Waals surface area contributed by atoms with Crippen LogP contribution in [-0.4, -0.2) is 105 Å². The Hall–Kier alpha value is -16.8. The van der Waals surface area contributed by atoms with E-state index in [9.17, 15) is 42.0 Å². The molecule has 0 aliphatic rings. The summed E-state index contributed by atoms with van der Waals surface area (Å²) in [5, 5.41) is 15.0. The van der Waals surface area contributed by atoms with E-state index in [1.54, 1.807) is 73.2 Å². The number of imidazole rings is 1. The highest BCUT2D eigenvalue weighted by Gasteiger charge is 2.23. The Balaban J connectivity index is 0.000000149. The Morgan fingerprint density at radius 3 is 0.754 bits per heavy atom. The largest absolute Gasteiger partial charge is 0.484 e. The van der Waals surface area contributed by atoms with Crippen LogP contribution >= 0.6 is 0 Å². The van der Waals surface area contributed by atoms with E-state index in [1.807, 2.05) is 217 Å². The van der Waals surface area contributed by atoms with Gasteiger partial charge in [-0.25, -0.2) is 13.4 Å². The van der Waals surface area contributed by atoms with E-state index in [-0.39, 0.29) is 82.2 Å². The summed E-state index contributed by atoms with van der Waals surface area (Å²) < 4.78 is 30.5. The van der Waals surface area contributed by atoms with Gasteiger partial charge in [-0.15, -0.1) is 0 Å². The average Bonchev–Trinajstić information content (AvgIpc) is 0.930. The second-order valence-corrected chi connectivity index (χ2v) is 36.0. The predicted octanol–water partition coefficient (Wildman–Crippen LogP) is 24.0. The van der Waals surface area contributed by atoms with Crippen molar-refractivity contribution in [3.63, 3.8) is 0 Å². The van der Waals surface area contributed by atoms with E-state index < -0.39 is 9.84 Å². The molecule has 17 nitrogen and oxygen atoms in total. The maximum Gasteiger partial charge on any atom is 0.257 e. The third-order valence-electron chi connectivity index (χ3n) is 24.2. The van der Waals surface area contributed by atoms with Gasteiger partial charge in [0.1, 0.15) is 5.75 Å². The molecule has 16 aromatic carbocycles. The van der Waals surface area contributed by atoms with Crippen LogP contribution in [0.1, 0.15) is 192 Å². The van der Waals surface area contributed by atoms with Gasteiger partial charge in [0.2, 0.25) is 0 Å². The molecule has 0 saturated heterocycles. The van der Waals surface area contributed by atoms with E-state index in [0.717, 1.165) is 44.0 Å². The van der Waals surface area contributed by atoms with Gasteiger partial charge in [0.15, 0.2) is 28.0 Å². The molecular formula is C124H117N7O10S. The summed E-state index contributed by atoms with van der Waals surface area (Å²) >= 11 is 0. The van der Waals surface area contributed by atoms with Crippen molar-refractivity contribution in [2.24, 2.45) is 0 Å². The normalized spacial score (nSPS) is 10.8. The van der Waals surface area contributed by atoms with Gasteiger partial charge in [0.25, 0.3) is 29.5 Å². The van der Waals surface area contributed by atoms with Gasteiger partial charge < -0.3 is 35.9 Å². The maximum atomic E-state index is 12.7. The summed E-state index contributed by atoms with van der Waals surface area (Å²) in [4.78, 5) is 90.2. The number of hydrogen-bond donors (Lipinski definition) is 5. The van der Waals surface area contributed by atoms with E-state index >= 15 is 0 Å². The van der Waals surface area contributed by atoms with Crippen molar-refractivity contribution in [3.05, 3.63) is 574 Å². The van der Waals surface area contributed by atoms with Crippen molar-refractivity contribution in [2.75, 3.05) is 45.6 Å². The van der Waals surface area contributed by atoms with Crippen LogP contribution in [0.5, 0.6) is 5.75 Å². The molecule has 18 heteroatoms. The highest BCUT2D eigenvalue weighted by atomic mass is 32.2. The van der Waals surface area contributed by atoms with Gasteiger partial charge in [0.05, 0.1) is 11.2 Å². The monoisotopic (exact) mass is 1900 g/mol. The van der Waals surface area contributed by atoms with Crippen LogP contribution < -0.4 is 31.3 Å². The summed E-state index contributed by atoms with van der Waals surface area (Å²) in [5.41, 5.74) is 17.4. The maximum absolute atomic E-state index is 12.7. The van der Waals surface area contributed by atoms with Gasteiger partial charge >= 0.3 is 0 Å². The van der Waals surface area contributed by atoms with Gasteiger partial charge in [-0.3, -0.25) is 33.6 Å². The van der Waals surface area contributed by atoms with Gasteiger partial charge in [0, 0.05) is 126 Å². The number of carbonyl (C=O) groups is 7. The molecule has 0 saturated carbocycles. The van der Waals surface area contributed by atoms with Crippen molar-refractivity contribution in [3.8, 4) is 11.4 Å². The van der Waals surface area contributed by atoms with E-state index in [1.165, 1.54) is 86.8 Å². The quantitative estimate of drug-likeness (QED) is 0.0229. The summed E-state index contributed by atoms with van der Waals surface area (Å²) in [7, 11) is -3.27. The zero-order valence-corrected chi connectivity index (χ0v) is 80.5. The number of sulfone groups is 1. The number of ketones is 2. The standard InChI is InChI=1S/C29H25NO2.C25H23N3O.C24H23NO2.C23H23NO3S.C23H23NO2/c31-28(24-14-8-3-9-15-24)25-16-18-26(19-17-25)29(32)30-21-20-27(22-10-4-1-5-11-22)23-12-6-2-7-13-23;29-25(22-11-13-23(14-12-22)28-18-17-26-19-28)27-16-15-24(20-7-3-1-4-8-20)21-9-5-2-6-10-21;1-18(26)19-12-14-22(15-13-19)24(27)25-17-16-23(20-8-4-2-5-9-20)21-10-6-3-7-11-21;1-28(26,27)21-14-12-20(13-15-21)23(25)24-17-16-22(18-8-4-2-5-9-18)19-10-6-3-7-11-19;25-23(18-26-21-14-8-3-9-15-21)24-17-16-22(19-10-4-1-5-11-19)20-12-6-2-7-13-20/h1-19,27H,20-21H2,(H,30,32);1-14,17-19,24H,15-16H2,(H,27,29);2-15,23H,16-17H2,1H3,(H,25,27);2-15,22H,16-17H2,1H3,(H,24,25);1-15,22H,16-18H2,(H,24,25). The lowest BCUT2D eigenvalue weighted by molar-refractivity contribution is -0.123. The summed E-state index contributed by atoms with van der Waals surface area (Å²) in [5.74, 6) is 1.17. The molecule has 5 amide bonds. The minimum atomic E-state index is -3.27. The molecule has 0 radical (unpaired) electrons. The van der Waals surface area contributed by atoms with Crippen LogP contribution in [0.4, 0.5) is 0 Å². The third kappa shape index (κ3) is 32.1. The molecular weight excluding hydrogens is 1780 g/mol. The molecule has 0 aliphatic heterocycles. The highest BCUT2D eigenvalue weighted by Crippen LogP contribution is 2.34. The first-order valence-electron chi connectivity index (χ1n) is 47.7. The molecule has 1 heterocycles. The molecule has 142 heavy (non-hydrogen) atoms. The lowest BCUT2D eigenvalue weighted by Crippen LogP contribution is -2.30. The number of nitrogens with zero attached hydrogens (tertiary/aromatic N) is 2. The number of hydrogen-bond acceptors (Lipinski definition) is 11.